The smallest absolute Gasteiger partial charge is 0.251 e. The van der Waals surface area contributed by atoms with E-state index in [4.69, 9.17) is 5.84 Å². The van der Waals surface area contributed by atoms with Gasteiger partial charge < -0.3 is 10.7 Å². The van der Waals surface area contributed by atoms with Crippen LogP contribution in [0.15, 0.2) is 12.1 Å². The van der Waals surface area contributed by atoms with Crippen LogP contribution in [0.2, 0.25) is 0 Å². The van der Waals surface area contributed by atoms with Crippen LogP contribution in [-0.2, 0) is 6.42 Å². The number of nitrogens with zero attached hydrogens (tertiary/aromatic N) is 1. The fourth-order valence-electron chi connectivity index (χ4n) is 2.76. The molecule has 1 fully saturated rings. The molecule has 5 nitrogen and oxygen atoms in total. The number of anilines is 1. The summed E-state index contributed by atoms with van der Waals surface area (Å²) in [5.41, 5.74) is 4.01. The molecule has 4 N–H and O–H groups in total. The number of aryl methyl sites for hydroxylation is 1. The number of hydrogen-bond donors (Lipinski definition) is 3. The van der Waals surface area contributed by atoms with Crippen molar-refractivity contribution in [3.05, 3.63) is 23.4 Å². The summed E-state index contributed by atoms with van der Waals surface area (Å²) in [4.78, 5) is 16.7. The van der Waals surface area contributed by atoms with Gasteiger partial charge in [-0.1, -0.05) is 26.7 Å². The minimum atomic E-state index is -0.0302. The second-order valence-corrected chi connectivity index (χ2v) is 5.57. The average Bonchev–Trinajstić information content (AvgIpc) is 2.48. The number of carbonyl (C=O) groups is 1. The predicted molar refractivity (Wildman–Crippen MR) is 80.3 cm³/mol. The highest BCUT2D eigenvalue weighted by Gasteiger charge is 2.23. The lowest BCUT2D eigenvalue weighted by molar-refractivity contribution is 0.0910. The fraction of sp³-hybridized carbons (Fsp3) is 0.600. The van der Waals surface area contributed by atoms with E-state index in [2.05, 4.69) is 22.7 Å². The summed E-state index contributed by atoms with van der Waals surface area (Å²) < 4.78 is 0. The van der Waals surface area contributed by atoms with Crippen LogP contribution in [0.25, 0.3) is 0 Å². The first kappa shape index (κ1) is 14.8. The first-order valence-corrected chi connectivity index (χ1v) is 7.42. The third-order valence-electron chi connectivity index (χ3n) is 4.08. The monoisotopic (exact) mass is 276 g/mol. The van der Waals surface area contributed by atoms with E-state index in [0.29, 0.717) is 17.3 Å². The van der Waals surface area contributed by atoms with Gasteiger partial charge in [0.15, 0.2) is 0 Å². The molecule has 0 radical (unpaired) electrons. The molecule has 2 unspecified atom stereocenters. The van der Waals surface area contributed by atoms with Crippen LogP contribution in [0.1, 0.15) is 55.6 Å². The van der Waals surface area contributed by atoms with Crippen molar-refractivity contribution < 1.29 is 4.79 Å². The van der Waals surface area contributed by atoms with Crippen molar-refractivity contribution in [2.24, 2.45) is 11.8 Å². The first-order valence-electron chi connectivity index (χ1n) is 7.42. The number of nitrogen functional groups attached to an aromatic ring is 1. The number of carbonyl (C=O) groups excluding carboxylic acids is 1. The largest absolute Gasteiger partial charge is 0.349 e. The van der Waals surface area contributed by atoms with E-state index < -0.39 is 0 Å². The van der Waals surface area contributed by atoms with Crippen molar-refractivity contribution in [2.45, 2.75) is 52.0 Å². The van der Waals surface area contributed by atoms with Gasteiger partial charge in [0, 0.05) is 17.3 Å². The fourth-order valence-corrected chi connectivity index (χ4v) is 2.76. The standard InChI is InChI=1S/C15H24N4O/c1-3-12-8-11(9-14(17-12)19-16)15(20)18-13-7-5-4-6-10(13)2/h8-10,13H,3-7,16H2,1-2H3,(H,17,19)(H,18,20). The van der Waals surface area contributed by atoms with Crippen LogP contribution in [0.5, 0.6) is 0 Å². The summed E-state index contributed by atoms with van der Waals surface area (Å²) in [6, 6.07) is 3.81. The normalized spacial score (nSPS) is 22.4. The summed E-state index contributed by atoms with van der Waals surface area (Å²) in [5, 5.41) is 3.15. The molecule has 1 heterocycles. The Hall–Kier alpha value is -1.62. The molecular formula is C15H24N4O. The molecule has 0 saturated heterocycles. The van der Waals surface area contributed by atoms with E-state index >= 15 is 0 Å². The molecule has 1 aliphatic carbocycles. The van der Waals surface area contributed by atoms with E-state index in [9.17, 15) is 4.79 Å². The van der Waals surface area contributed by atoms with Crippen LogP contribution in [0.4, 0.5) is 5.82 Å². The second-order valence-electron chi connectivity index (χ2n) is 5.57. The summed E-state index contributed by atoms with van der Waals surface area (Å²) in [6.07, 6.45) is 5.50. The highest BCUT2D eigenvalue weighted by Crippen LogP contribution is 2.24. The molecule has 1 aromatic rings. The van der Waals surface area contributed by atoms with E-state index in [-0.39, 0.29) is 11.9 Å². The molecule has 1 aromatic heterocycles. The number of aromatic nitrogens is 1. The van der Waals surface area contributed by atoms with Crippen molar-refractivity contribution in [1.29, 1.82) is 0 Å². The van der Waals surface area contributed by atoms with E-state index in [1.54, 1.807) is 6.07 Å². The van der Waals surface area contributed by atoms with Gasteiger partial charge in [0.2, 0.25) is 0 Å². The Morgan fingerprint density at radius 2 is 2.15 bits per heavy atom. The van der Waals surface area contributed by atoms with Crippen LogP contribution in [0, 0.1) is 5.92 Å². The maximum atomic E-state index is 12.4. The number of hydrogen-bond acceptors (Lipinski definition) is 4. The average molecular weight is 276 g/mol. The zero-order chi connectivity index (χ0) is 14.5. The van der Waals surface area contributed by atoms with Crippen LogP contribution >= 0.6 is 0 Å². The van der Waals surface area contributed by atoms with Gasteiger partial charge in [0.1, 0.15) is 5.82 Å². The van der Waals surface area contributed by atoms with Gasteiger partial charge >= 0.3 is 0 Å². The molecule has 0 bridgehead atoms. The number of hydrazine groups is 1. The molecule has 0 spiro atoms. The van der Waals surface area contributed by atoms with Crippen molar-refractivity contribution in [2.75, 3.05) is 5.43 Å². The molecule has 2 rings (SSSR count). The number of nitrogens with one attached hydrogen (secondary N) is 2. The minimum Gasteiger partial charge on any atom is -0.349 e. The van der Waals surface area contributed by atoms with Crippen molar-refractivity contribution in [1.82, 2.24) is 10.3 Å². The predicted octanol–water partition coefficient (Wildman–Crippen LogP) is 2.24. The summed E-state index contributed by atoms with van der Waals surface area (Å²) >= 11 is 0. The highest BCUT2D eigenvalue weighted by molar-refractivity contribution is 5.95. The molecule has 20 heavy (non-hydrogen) atoms. The third-order valence-corrected chi connectivity index (χ3v) is 4.08. The Labute approximate surface area is 120 Å². The second kappa shape index (κ2) is 6.70. The van der Waals surface area contributed by atoms with Crippen molar-refractivity contribution in [3.63, 3.8) is 0 Å². The summed E-state index contributed by atoms with van der Waals surface area (Å²) in [6.45, 7) is 4.22. The lowest BCUT2D eigenvalue weighted by atomic mass is 9.86. The minimum absolute atomic E-state index is 0.0302. The van der Waals surface area contributed by atoms with Crippen LogP contribution in [0.3, 0.4) is 0 Å². The van der Waals surface area contributed by atoms with Gasteiger partial charge in [-0.25, -0.2) is 10.8 Å². The Kier molecular flexibility index (Phi) is 4.95. The van der Waals surface area contributed by atoms with E-state index in [1.807, 2.05) is 13.0 Å². The topological polar surface area (TPSA) is 80.0 Å². The van der Waals surface area contributed by atoms with Gasteiger partial charge in [-0.05, 0) is 37.3 Å². The Bertz CT molecular complexity index is 453. The maximum absolute atomic E-state index is 12.4. The molecule has 0 aromatic carbocycles. The number of rotatable bonds is 4. The molecule has 1 amide bonds. The SMILES string of the molecule is CCc1cc(C(=O)NC2CCCCC2C)cc(NN)n1. The molecule has 110 valence electrons. The lowest BCUT2D eigenvalue weighted by Crippen LogP contribution is -2.41. The molecule has 2 atom stereocenters. The van der Waals surface area contributed by atoms with E-state index in [0.717, 1.165) is 18.5 Å². The molecule has 1 aliphatic rings. The number of pyridine rings is 1. The van der Waals surface area contributed by atoms with Crippen LogP contribution in [-0.4, -0.2) is 16.9 Å². The highest BCUT2D eigenvalue weighted by atomic mass is 16.1. The third kappa shape index (κ3) is 3.48. The first-order chi connectivity index (χ1) is 9.63. The van der Waals surface area contributed by atoms with Crippen molar-refractivity contribution in [3.8, 4) is 0 Å². The van der Waals surface area contributed by atoms with Crippen molar-refractivity contribution >= 4 is 11.7 Å². The summed E-state index contributed by atoms with van der Waals surface area (Å²) in [7, 11) is 0. The molecule has 1 saturated carbocycles. The Morgan fingerprint density at radius 1 is 1.40 bits per heavy atom. The Balaban J connectivity index is 2.11. The maximum Gasteiger partial charge on any atom is 0.251 e. The summed E-state index contributed by atoms with van der Waals surface area (Å²) in [5.74, 6) is 6.46. The molecule has 0 aliphatic heterocycles. The van der Waals surface area contributed by atoms with Crippen LogP contribution < -0.4 is 16.6 Å². The number of nitrogens with two attached hydrogens (primary N) is 1. The van der Waals surface area contributed by atoms with Gasteiger partial charge in [-0.15, -0.1) is 0 Å². The lowest BCUT2D eigenvalue weighted by Gasteiger charge is -2.29. The quantitative estimate of drug-likeness (QED) is 0.582. The van der Waals surface area contributed by atoms with Gasteiger partial charge in [0.25, 0.3) is 5.91 Å². The zero-order valence-corrected chi connectivity index (χ0v) is 12.3. The zero-order valence-electron chi connectivity index (χ0n) is 12.3. The Morgan fingerprint density at radius 3 is 2.80 bits per heavy atom. The molecular weight excluding hydrogens is 252 g/mol. The van der Waals surface area contributed by atoms with Gasteiger partial charge in [0.05, 0.1) is 0 Å². The van der Waals surface area contributed by atoms with E-state index in [1.165, 1.54) is 19.3 Å². The van der Waals surface area contributed by atoms with Gasteiger partial charge in [-0.2, -0.15) is 0 Å². The molecule has 5 heteroatoms. The number of amides is 1. The van der Waals surface area contributed by atoms with Gasteiger partial charge in [-0.3, -0.25) is 4.79 Å².